The maximum absolute atomic E-state index is 10.6. The van der Waals surface area contributed by atoms with Gasteiger partial charge in [0.2, 0.25) is 5.91 Å². The first kappa shape index (κ1) is 8.46. The van der Waals surface area contributed by atoms with E-state index in [-0.39, 0.29) is 0 Å². The Morgan fingerprint density at radius 1 is 1.58 bits per heavy atom. The molecule has 3 heteroatoms. The molecule has 0 saturated heterocycles. The maximum atomic E-state index is 10.6. The van der Waals surface area contributed by atoms with Gasteiger partial charge in [0, 0.05) is 6.20 Å². The number of carbonyl (C=O) groups is 1. The van der Waals surface area contributed by atoms with Crippen molar-refractivity contribution < 1.29 is 4.79 Å². The van der Waals surface area contributed by atoms with Crippen LogP contribution in [0.4, 0.5) is 0 Å². The van der Waals surface area contributed by atoms with Crippen LogP contribution in [0.5, 0.6) is 0 Å². The van der Waals surface area contributed by atoms with E-state index in [9.17, 15) is 4.79 Å². The van der Waals surface area contributed by atoms with Crippen molar-refractivity contribution in [3.05, 3.63) is 36.2 Å². The second-order valence-electron chi connectivity index (χ2n) is 2.58. The molecule has 0 aliphatic carbocycles. The van der Waals surface area contributed by atoms with E-state index < -0.39 is 5.91 Å². The van der Waals surface area contributed by atoms with Gasteiger partial charge in [-0.1, -0.05) is 6.58 Å². The lowest BCUT2D eigenvalue weighted by molar-refractivity contribution is 0.1000. The maximum Gasteiger partial charge on any atom is 0.250 e. The third-order valence-electron chi connectivity index (χ3n) is 1.49. The number of nitrogens with two attached hydrogens (primary N) is 1. The predicted molar refractivity (Wildman–Crippen MR) is 47.5 cm³/mol. The van der Waals surface area contributed by atoms with Crippen LogP contribution in [0.3, 0.4) is 0 Å². The van der Waals surface area contributed by atoms with Crippen LogP contribution >= 0.6 is 0 Å². The van der Waals surface area contributed by atoms with Gasteiger partial charge in [0.05, 0.1) is 11.3 Å². The zero-order valence-electron chi connectivity index (χ0n) is 6.87. The van der Waals surface area contributed by atoms with Gasteiger partial charge in [-0.15, -0.1) is 0 Å². The fourth-order valence-electron chi connectivity index (χ4n) is 0.792. The van der Waals surface area contributed by atoms with Crippen molar-refractivity contribution in [2.75, 3.05) is 0 Å². The quantitative estimate of drug-likeness (QED) is 0.710. The van der Waals surface area contributed by atoms with Crippen molar-refractivity contribution in [1.82, 2.24) is 4.98 Å². The summed E-state index contributed by atoms with van der Waals surface area (Å²) in [5.74, 6) is -0.462. The largest absolute Gasteiger partial charge is 0.366 e. The molecule has 3 nitrogen and oxygen atoms in total. The minimum Gasteiger partial charge on any atom is -0.366 e. The van der Waals surface area contributed by atoms with Gasteiger partial charge in [-0.25, -0.2) is 0 Å². The third-order valence-corrected chi connectivity index (χ3v) is 1.49. The molecule has 0 aliphatic heterocycles. The highest BCUT2D eigenvalue weighted by molar-refractivity contribution is 5.92. The van der Waals surface area contributed by atoms with Gasteiger partial charge in [-0.2, -0.15) is 0 Å². The molecule has 0 fully saturated rings. The molecule has 0 atom stereocenters. The summed E-state index contributed by atoms with van der Waals surface area (Å²) < 4.78 is 0. The van der Waals surface area contributed by atoms with Gasteiger partial charge in [0.1, 0.15) is 0 Å². The molecule has 2 N–H and O–H groups in total. The standard InChI is InChI=1S/C9H10N2O/c1-6(2)8-4-3-7(5-11-8)9(10)12/h3-5H,1H2,2H3,(H2,10,12). The van der Waals surface area contributed by atoms with Gasteiger partial charge in [0.25, 0.3) is 0 Å². The second-order valence-corrected chi connectivity index (χ2v) is 2.58. The van der Waals surface area contributed by atoms with Gasteiger partial charge < -0.3 is 5.73 Å². The van der Waals surface area contributed by atoms with Gasteiger partial charge in [-0.3, -0.25) is 9.78 Å². The zero-order valence-corrected chi connectivity index (χ0v) is 6.87. The minimum atomic E-state index is -0.462. The van der Waals surface area contributed by atoms with E-state index in [1.165, 1.54) is 6.20 Å². The van der Waals surface area contributed by atoms with E-state index >= 15 is 0 Å². The van der Waals surface area contributed by atoms with Gasteiger partial charge in [-0.05, 0) is 24.6 Å². The number of amides is 1. The molecule has 0 aromatic carbocycles. The number of nitrogens with zero attached hydrogens (tertiary/aromatic N) is 1. The predicted octanol–water partition coefficient (Wildman–Crippen LogP) is 1.21. The highest BCUT2D eigenvalue weighted by Crippen LogP contribution is 2.07. The molecule has 1 heterocycles. The SMILES string of the molecule is C=C(C)c1ccc(C(N)=O)cn1. The average Bonchev–Trinajstić information content (AvgIpc) is 2.04. The Morgan fingerprint density at radius 3 is 2.58 bits per heavy atom. The van der Waals surface area contributed by atoms with Crippen LogP contribution in [0.1, 0.15) is 23.0 Å². The molecule has 1 aromatic heterocycles. The molecule has 0 saturated carbocycles. The number of hydrogen-bond donors (Lipinski definition) is 1. The summed E-state index contributed by atoms with van der Waals surface area (Å²) in [6.07, 6.45) is 1.45. The average molecular weight is 162 g/mol. The number of rotatable bonds is 2. The van der Waals surface area contributed by atoms with Crippen molar-refractivity contribution in [2.45, 2.75) is 6.92 Å². The first-order chi connectivity index (χ1) is 5.61. The normalized spacial score (nSPS) is 9.42. The molecule has 1 rings (SSSR count). The zero-order chi connectivity index (χ0) is 9.14. The van der Waals surface area contributed by atoms with Crippen LogP contribution in [0.2, 0.25) is 0 Å². The van der Waals surface area contributed by atoms with Crippen molar-refractivity contribution in [2.24, 2.45) is 5.73 Å². The van der Waals surface area contributed by atoms with Crippen LogP contribution in [-0.4, -0.2) is 10.9 Å². The lowest BCUT2D eigenvalue weighted by Crippen LogP contribution is -2.11. The molecule has 0 aliphatic rings. The molecule has 0 unspecified atom stereocenters. The molecule has 0 radical (unpaired) electrons. The van der Waals surface area contributed by atoms with Crippen molar-refractivity contribution in [3.8, 4) is 0 Å². The summed E-state index contributed by atoms with van der Waals surface area (Å²) in [5, 5.41) is 0. The molecule has 12 heavy (non-hydrogen) atoms. The Kier molecular flexibility index (Phi) is 2.24. The molecule has 0 bridgehead atoms. The number of carbonyl (C=O) groups excluding carboxylic acids is 1. The molecule has 1 amide bonds. The minimum absolute atomic E-state index is 0.417. The monoisotopic (exact) mass is 162 g/mol. The Labute approximate surface area is 70.9 Å². The summed E-state index contributed by atoms with van der Waals surface area (Å²) in [4.78, 5) is 14.6. The lowest BCUT2D eigenvalue weighted by atomic mass is 10.2. The van der Waals surface area contributed by atoms with Crippen molar-refractivity contribution in [1.29, 1.82) is 0 Å². The lowest BCUT2D eigenvalue weighted by Gasteiger charge is -1.98. The van der Waals surface area contributed by atoms with Crippen LogP contribution in [-0.2, 0) is 0 Å². The van der Waals surface area contributed by atoms with Crippen LogP contribution < -0.4 is 5.73 Å². The summed E-state index contributed by atoms with van der Waals surface area (Å²) in [7, 11) is 0. The van der Waals surface area contributed by atoms with E-state index in [4.69, 9.17) is 5.73 Å². The van der Waals surface area contributed by atoms with E-state index in [1.807, 2.05) is 6.92 Å². The van der Waals surface area contributed by atoms with Gasteiger partial charge >= 0.3 is 0 Å². The number of hydrogen-bond acceptors (Lipinski definition) is 2. The first-order valence-corrected chi connectivity index (χ1v) is 3.53. The highest BCUT2D eigenvalue weighted by atomic mass is 16.1. The van der Waals surface area contributed by atoms with Crippen LogP contribution in [0, 0.1) is 0 Å². The van der Waals surface area contributed by atoms with Crippen molar-refractivity contribution in [3.63, 3.8) is 0 Å². The van der Waals surface area contributed by atoms with Crippen molar-refractivity contribution >= 4 is 11.5 Å². The Hall–Kier alpha value is -1.64. The summed E-state index contributed by atoms with van der Waals surface area (Å²) >= 11 is 0. The van der Waals surface area contributed by atoms with Crippen LogP contribution in [0.15, 0.2) is 24.9 Å². The van der Waals surface area contributed by atoms with Crippen LogP contribution in [0.25, 0.3) is 5.57 Å². The Balaban J connectivity index is 3.01. The molecule has 62 valence electrons. The Morgan fingerprint density at radius 2 is 2.25 bits per heavy atom. The number of allylic oxidation sites excluding steroid dienone is 1. The fourth-order valence-corrected chi connectivity index (χ4v) is 0.792. The highest BCUT2D eigenvalue weighted by Gasteiger charge is 2.00. The molecular formula is C9H10N2O. The van der Waals surface area contributed by atoms with E-state index in [0.29, 0.717) is 5.56 Å². The summed E-state index contributed by atoms with van der Waals surface area (Å²) in [5.41, 5.74) is 7.10. The smallest absolute Gasteiger partial charge is 0.250 e. The summed E-state index contributed by atoms with van der Waals surface area (Å²) in [6.45, 7) is 5.57. The molecule has 0 spiro atoms. The molecule has 1 aromatic rings. The number of pyridine rings is 1. The number of aromatic nitrogens is 1. The Bertz CT molecular complexity index is 281. The van der Waals surface area contributed by atoms with E-state index in [1.54, 1.807) is 12.1 Å². The first-order valence-electron chi connectivity index (χ1n) is 3.53. The third kappa shape index (κ3) is 1.69. The fraction of sp³-hybridized carbons (Fsp3) is 0.111. The topological polar surface area (TPSA) is 56.0 Å². The van der Waals surface area contributed by atoms with Gasteiger partial charge in [0.15, 0.2) is 0 Å². The number of primary amides is 1. The second kappa shape index (κ2) is 3.17. The molecular weight excluding hydrogens is 152 g/mol. The summed E-state index contributed by atoms with van der Waals surface area (Å²) in [6, 6.07) is 3.36. The van der Waals surface area contributed by atoms with E-state index in [0.717, 1.165) is 11.3 Å². The van der Waals surface area contributed by atoms with E-state index in [2.05, 4.69) is 11.6 Å².